The average molecular weight is 266 g/mol. The normalized spacial score (nSPS) is 21.1. The van der Waals surface area contributed by atoms with Gasteiger partial charge in [0.05, 0.1) is 11.8 Å². The van der Waals surface area contributed by atoms with E-state index in [2.05, 4.69) is 5.16 Å². The topological polar surface area (TPSA) is 66.6 Å². The summed E-state index contributed by atoms with van der Waals surface area (Å²) in [4.78, 5) is 14.3. The second-order valence-electron chi connectivity index (χ2n) is 5.52. The van der Waals surface area contributed by atoms with E-state index in [1.807, 2.05) is 26.8 Å². The van der Waals surface area contributed by atoms with Gasteiger partial charge < -0.3 is 14.5 Å². The predicted octanol–water partition coefficient (Wildman–Crippen LogP) is 1.57. The molecule has 0 radical (unpaired) electrons. The molecule has 5 heteroatoms. The number of nitrogens with zero attached hydrogens (tertiary/aromatic N) is 2. The van der Waals surface area contributed by atoms with Crippen molar-refractivity contribution in [1.29, 1.82) is 0 Å². The van der Waals surface area contributed by atoms with Crippen molar-refractivity contribution in [3.63, 3.8) is 0 Å². The van der Waals surface area contributed by atoms with Crippen LogP contribution < -0.4 is 0 Å². The van der Waals surface area contributed by atoms with Gasteiger partial charge in [0.2, 0.25) is 5.91 Å². The van der Waals surface area contributed by atoms with E-state index in [-0.39, 0.29) is 17.7 Å². The van der Waals surface area contributed by atoms with Gasteiger partial charge in [0.1, 0.15) is 11.7 Å². The van der Waals surface area contributed by atoms with Crippen molar-refractivity contribution in [2.75, 3.05) is 13.1 Å². The van der Waals surface area contributed by atoms with Crippen molar-refractivity contribution < 1.29 is 14.4 Å². The fourth-order valence-electron chi connectivity index (χ4n) is 2.52. The molecule has 5 nitrogen and oxygen atoms in total. The van der Waals surface area contributed by atoms with Gasteiger partial charge in [0.15, 0.2) is 0 Å². The summed E-state index contributed by atoms with van der Waals surface area (Å²) >= 11 is 0. The molecule has 2 unspecified atom stereocenters. The van der Waals surface area contributed by atoms with Gasteiger partial charge in [0, 0.05) is 19.2 Å². The first-order chi connectivity index (χ1) is 9.02. The van der Waals surface area contributed by atoms with E-state index in [0.717, 1.165) is 12.1 Å². The number of aromatic nitrogens is 1. The molecule has 0 aromatic carbocycles. The van der Waals surface area contributed by atoms with Crippen molar-refractivity contribution in [2.24, 2.45) is 5.92 Å². The van der Waals surface area contributed by atoms with Gasteiger partial charge in [0.25, 0.3) is 0 Å². The Bertz CT molecular complexity index is 442. The molecular formula is C14H22N2O3. The Labute approximate surface area is 113 Å². The third kappa shape index (κ3) is 2.97. The summed E-state index contributed by atoms with van der Waals surface area (Å²) in [6.45, 7) is 7.06. The lowest BCUT2D eigenvalue weighted by molar-refractivity contribution is -0.133. The number of likely N-dealkylation sites (tertiary alicyclic amines) is 1. The van der Waals surface area contributed by atoms with E-state index in [4.69, 9.17) is 4.52 Å². The summed E-state index contributed by atoms with van der Waals surface area (Å²) in [5.74, 6) is 0.504. The van der Waals surface area contributed by atoms with Gasteiger partial charge in [-0.2, -0.15) is 0 Å². The maximum absolute atomic E-state index is 12.6. The Hall–Kier alpha value is -1.36. The first-order valence-electron chi connectivity index (χ1n) is 6.95. The fourth-order valence-corrected chi connectivity index (χ4v) is 2.52. The number of rotatable bonds is 4. The standard InChI is InChI=1S/C14H22N2O3/c1-4-10-7-12(19-15-10)13(9(2)3)14(18)16-6-5-11(17)8-16/h7,9,11,13,17H,4-6,8H2,1-3H3. The van der Waals surface area contributed by atoms with Crippen LogP contribution in [0.2, 0.25) is 0 Å². The van der Waals surface area contributed by atoms with Gasteiger partial charge in [-0.05, 0) is 18.8 Å². The zero-order valence-corrected chi connectivity index (χ0v) is 11.8. The Morgan fingerprint density at radius 1 is 1.63 bits per heavy atom. The van der Waals surface area contributed by atoms with E-state index >= 15 is 0 Å². The van der Waals surface area contributed by atoms with Crippen molar-refractivity contribution in [1.82, 2.24) is 10.1 Å². The number of aliphatic hydroxyl groups is 1. The molecule has 1 aromatic heterocycles. The van der Waals surface area contributed by atoms with Crippen LogP contribution in [-0.2, 0) is 11.2 Å². The van der Waals surface area contributed by atoms with Crippen LogP contribution in [0.5, 0.6) is 0 Å². The third-order valence-corrected chi connectivity index (χ3v) is 3.65. The number of hydrogen-bond donors (Lipinski definition) is 1. The Kier molecular flexibility index (Phi) is 4.24. The first kappa shape index (κ1) is 14.1. The minimum atomic E-state index is -0.391. The van der Waals surface area contributed by atoms with E-state index in [0.29, 0.717) is 25.3 Å². The van der Waals surface area contributed by atoms with Crippen molar-refractivity contribution in [3.05, 3.63) is 17.5 Å². The smallest absolute Gasteiger partial charge is 0.233 e. The van der Waals surface area contributed by atoms with E-state index < -0.39 is 6.10 Å². The van der Waals surface area contributed by atoms with E-state index in [9.17, 15) is 9.90 Å². The van der Waals surface area contributed by atoms with Gasteiger partial charge in [-0.25, -0.2) is 0 Å². The third-order valence-electron chi connectivity index (χ3n) is 3.65. The number of aliphatic hydroxyl groups excluding tert-OH is 1. The van der Waals surface area contributed by atoms with Crippen molar-refractivity contribution in [3.8, 4) is 0 Å². The highest BCUT2D eigenvalue weighted by molar-refractivity contribution is 5.83. The summed E-state index contributed by atoms with van der Waals surface area (Å²) in [6, 6.07) is 1.87. The lowest BCUT2D eigenvalue weighted by Crippen LogP contribution is -2.35. The molecule has 1 aromatic rings. The molecule has 0 spiro atoms. The average Bonchev–Trinajstić information content (AvgIpc) is 2.97. The zero-order chi connectivity index (χ0) is 14.0. The highest BCUT2D eigenvalue weighted by Gasteiger charge is 2.34. The molecule has 2 atom stereocenters. The van der Waals surface area contributed by atoms with Gasteiger partial charge in [-0.1, -0.05) is 25.9 Å². The van der Waals surface area contributed by atoms with Crippen LogP contribution >= 0.6 is 0 Å². The fraction of sp³-hybridized carbons (Fsp3) is 0.714. The second kappa shape index (κ2) is 5.74. The highest BCUT2D eigenvalue weighted by Crippen LogP contribution is 2.29. The SMILES string of the molecule is CCc1cc(C(C(=O)N2CCC(O)C2)C(C)C)on1. The van der Waals surface area contributed by atoms with Crippen molar-refractivity contribution in [2.45, 2.75) is 45.6 Å². The van der Waals surface area contributed by atoms with Gasteiger partial charge >= 0.3 is 0 Å². The molecule has 1 fully saturated rings. The number of hydrogen-bond acceptors (Lipinski definition) is 4. The number of carbonyl (C=O) groups is 1. The van der Waals surface area contributed by atoms with Crippen LogP contribution in [0.15, 0.2) is 10.6 Å². The molecular weight excluding hydrogens is 244 g/mol. The second-order valence-corrected chi connectivity index (χ2v) is 5.52. The van der Waals surface area contributed by atoms with Crippen molar-refractivity contribution >= 4 is 5.91 Å². The summed E-state index contributed by atoms with van der Waals surface area (Å²) in [7, 11) is 0. The number of amides is 1. The quantitative estimate of drug-likeness (QED) is 0.898. The molecule has 0 saturated carbocycles. The lowest BCUT2D eigenvalue weighted by Gasteiger charge is -2.23. The van der Waals surface area contributed by atoms with Crippen LogP contribution in [0, 0.1) is 5.92 Å². The minimum Gasteiger partial charge on any atom is -0.391 e. The summed E-state index contributed by atoms with van der Waals surface area (Å²) in [6.07, 6.45) is 1.07. The molecule has 2 heterocycles. The molecule has 0 aliphatic carbocycles. The lowest BCUT2D eigenvalue weighted by atomic mass is 9.91. The van der Waals surface area contributed by atoms with Gasteiger partial charge in [-0.15, -0.1) is 0 Å². The molecule has 2 rings (SSSR count). The summed E-state index contributed by atoms with van der Waals surface area (Å²) in [5.41, 5.74) is 0.870. The molecule has 1 saturated heterocycles. The highest BCUT2D eigenvalue weighted by atomic mass is 16.5. The van der Waals surface area contributed by atoms with Crippen LogP contribution in [0.3, 0.4) is 0 Å². The van der Waals surface area contributed by atoms with Gasteiger partial charge in [-0.3, -0.25) is 4.79 Å². The van der Waals surface area contributed by atoms with Crippen LogP contribution in [0.4, 0.5) is 0 Å². The monoisotopic (exact) mass is 266 g/mol. The molecule has 106 valence electrons. The molecule has 1 amide bonds. The Morgan fingerprint density at radius 2 is 2.37 bits per heavy atom. The Morgan fingerprint density at radius 3 is 2.84 bits per heavy atom. The maximum Gasteiger partial charge on any atom is 0.233 e. The number of β-amino-alcohol motifs (C(OH)–C–C–N with tert-alkyl or cyclic N) is 1. The molecule has 1 aliphatic heterocycles. The number of carbonyl (C=O) groups excluding carboxylic acids is 1. The summed E-state index contributed by atoms with van der Waals surface area (Å²) < 4.78 is 5.33. The largest absolute Gasteiger partial charge is 0.391 e. The predicted molar refractivity (Wildman–Crippen MR) is 70.7 cm³/mol. The van der Waals surface area contributed by atoms with Crippen LogP contribution in [-0.4, -0.2) is 40.3 Å². The molecule has 0 bridgehead atoms. The minimum absolute atomic E-state index is 0.0327. The zero-order valence-electron chi connectivity index (χ0n) is 11.8. The molecule has 1 N–H and O–H groups in total. The molecule has 1 aliphatic rings. The number of aryl methyl sites for hydroxylation is 1. The maximum atomic E-state index is 12.6. The van der Waals surface area contributed by atoms with E-state index in [1.165, 1.54) is 0 Å². The van der Waals surface area contributed by atoms with Crippen LogP contribution in [0.1, 0.15) is 44.6 Å². The Balaban J connectivity index is 2.17. The summed E-state index contributed by atoms with van der Waals surface area (Å²) in [5, 5.41) is 13.5. The van der Waals surface area contributed by atoms with E-state index in [1.54, 1.807) is 4.90 Å². The van der Waals surface area contributed by atoms with Crippen LogP contribution in [0.25, 0.3) is 0 Å². The molecule has 19 heavy (non-hydrogen) atoms. The first-order valence-corrected chi connectivity index (χ1v) is 6.95.